The second kappa shape index (κ2) is 5.27. The normalized spacial score (nSPS) is 10.8. The molecule has 12 heavy (non-hydrogen) atoms. The van der Waals surface area contributed by atoms with E-state index in [2.05, 4.69) is 10.6 Å². The van der Waals surface area contributed by atoms with E-state index in [4.69, 9.17) is 17.5 Å². The lowest BCUT2D eigenvalue weighted by atomic mass is 10.2. The molecule has 0 aliphatic rings. The molecule has 64 valence electrons. The van der Waals surface area contributed by atoms with E-state index in [1.165, 1.54) is 0 Å². The van der Waals surface area contributed by atoms with Crippen LogP contribution in [0, 0.1) is 11.3 Å². The molecule has 0 saturated carbocycles. The average Bonchev–Trinajstić information content (AvgIpc) is 2.06. The Morgan fingerprint density at radius 2 is 2.25 bits per heavy atom. The summed E-state index contributed by atoms with van der Waals surface area (Å²) in [5.41, 5.74) is 0.499. The highest BCUT2D eigenvalue weighted by atomic mass is 32.1. The Hall–Kier alpha value is -1.41. The maximum absolute atomic E-state index is 10.3. The Labute approximate surface area is 76.3 Å². The van der Waals surface area contributed by atoms with E-state index in [1.807, 2.05) is 0 Å². The molecule has 0 bridgehead atoms. The number of hydrogen-bond donors (Lipinski definition) is 2. The van der Waals surface area contributed by atoms with Crippen LogP contribution >= 0.6 is 12.2 Å². The molecule has 0 radical (unpaired) electrons. The van der Waals surface area contributed by atoms with Gasteiger partial charge in [0.2, 0.25) is 0 Å². The van der Waals surface area contributed by atoms with Gasteiger partial charge in [0.05, 0.1) is 0 Å². The molecule has 0 aliphatic heterocycles. The van der Waals surface area contributed by atoms with E-state index in [0.29, 0.717) is 17.1 Å². The van der Waals surface area contributed by atoms with Crippen LogP contribution in [0.3, 0.4) is 0 Å². The van der Waals surface area contributed by atoms with E-state index in [9.17, 15) is 4.79 Å². The van der Waals surface area contributed by atoms with Crippen LogP contribution in [0.15, 0.2) is 11.3 Å². The van der Waals surface area contributed by atoms with E-state index in [-0.39, 0.29) is 5.57 Å². The predicted molar refractivity (Wildman–Crippen MR) is 49.2 cm³/mol. The van der Waals surface area contributed by atoms with Crippen molar-refractivity contribution in [3.05, 3.63) is 11.3 Å². The van der Waals surface area contributed by atoms with Gasteiger partial charge in [0.15, 0.2) is 11.4 Å². The van der Waals surface area contributed by atoms with Gasteiger partial charge in [-0.15, -0.1) is 0 Å². The largest absolute Gasteiger partial charge is 0.366 e. The maximum Gasteiger partial charge on any atom is 0.170 e. The molecule has 0 rings (SSSR count). The number of nitriles is 1. The minimum atomic E-state index is 0.0487. The molecule has 4 nitrogen and oxygen atoms in total. The Kier molecular flexibility index (Phi) is 4.65. The molecule has 2 N–H and O–H groups in total. The van der Waals surface area contributed by atoms with Crippen molar-refractivity contribution in [1.29, 1.82) is 5.26 Å². The summed E-state index contributed by atoms with van der Waals surface area (Å²) < 4.78 is 0. The Balaban J connectivity index is 4.47. The zero-order chi connectivity index (χ0) is 9.56. The fourth-order valence-corrected chi connectivity index (χ4v) is 0.652. The maximum atomic E-state index is 10.3. The number of aldehydes is 1. The molecule has 0 aromatic heterocycles. The number of nitrogens with one attached hydrogen (secondary N) is 2. The summed E-state index contributed by atoms with van der Waals surface area (Å²) in [6.07, 6.45) is 0.487. The van der Waals surface area contributed by atoms with Gasteiger partial charge in [-0.3, -0.25) is 4.79 Å². The highest BCUT2D eigenvalue weighted by molar-refractivity contribution is 7.80. The van der Waals surface area contributed by atoms with Crippen molar-refractivity contribution in [3.8, 4) is 6.07 Å². The third-order valence-electron chi connectivity index (χ3n) is 1.17. The van der Waals surface area contributed by atoms with Gasteiger partial charge >= 0.3 is 0 Å². The number of rotatable bonds is 2. The summed E-state index contributed by atoms with van der Waals surface area (Å²) in [5, 5.41) is 14.2. The van der Waals surface area contributed by atoms with Gasteiger partial charge in [0.25, 0.3) is 0 Å². The summed E-state index contributed by atoms with van der Waals surface area (Å²) in [6.45, 7) is 1.61. The second-order valence-corrected chi connectivity index (χ2v) is 2.38. The molecule has 5 heteroatoms. The van der Waals surface area contributed by atoms with Crippen molar-refractivity contribution in [3.63, 3.8) is 0 Å². The summed E-state index contributed by atoms with van der Waals surface area (Å²) >= 11 is 4.76. The number of nitrogens with zero attached hydrogens (tertiary/aromatic N) is 1. The molecule has 0 aliphatic carbocycles. The van der Waals surface area contributed by atoms with Crippen molar-refractivity contribution >= 4 is 23.6 Å². The van der Waals surface area contributed by atoms with E-state index in [0.717, 1.165) is 0 Å². The van der Waals surface area contributed by atoms with Crippen LogP contribution in [0.4, 0.5) is 0 Å². The van der Waals surface area contributed by atoms with Gasteiger partial charge in [-0.1, -0.05) is 0 Å². The summed E-state index contributed by atoms with van der Waals surface area (Å²) in [5.74, 6) is 0. The minimum absolute atomic E-state index is 0.0487. The molecule has 0 aromatic rings. The lowest BCUT2D eigenvalue weighted by Crippen LogP contribution is -2.31. The number of allylic oxidation sites excluding steroid dienone is 2. The topological polar surface area (TPSA) is 64.9 Å². The molecule has 0 unspecified atom stereocenters. The molecule has 0 saturated heterocycles. The SMILES string of the molecule is CNC(=S)N/C(C)=C(/C#N)C=O. The van der Waals surface area contributed by atoms with Gasteiger partial charge in [-0.2, -0.15) is 5.26 Å². The number of carbonyl (C=O) groups is 1. The second-order valence-electron chi connectivity index (χ2n) is 1.97. The monoisotopic (exact) mass is 183 g/mol. The summed E-state index contributed by atoms with van der Waals surface area (Å²) in [4.78, 5) is 10.3. The van der Waals surface area contributed by atoms with Gasteiger partial charge in [-0.25, -0.2) is 0 Å². The number of hydrogen-bond acceptors (Lipinski definition) is 3. The minimum Gasteiger partial charge on any atom is -0.366 e. The molecule has 0 amide bonds. The van der Waals surface area contributed by atoms with Crippen LogP contribution in [-0.4, -0.2) is 18.4 Å². The Morgan fingerprint density at radius 3 is 2.58 bits per heavy atom. The first kappa shape index (κ1) is 10.6. The van der Waals surface area contributed by atoms with Crippen LogP contribution in [-0.2, 0) is 4.79 Å². The predicted octanol–water partition coefficient (Wildman–Crippen LogP) is 0.0768. The van der Waals surface area contributed by atoms with Gasteiger partial charge in [-0.05, 0) is 19.1 Å². The highest BCUT2D eigenvalue weighted by Gasteiger charge is 2.00. The van der Waals surface area contributed by atoms with Crippen LogP contribution in [0.25, 0.3) is 0 Å². The van der Waals surface area contributed by atoms with Crippen molar-refractivity contribution < 1.29 is 4.79 Å². The molecule has 0 heterocycles. The highest BCUT2D eigenvalue weighted by Crippen LogP contribution is 1.94. The van der Waals surface area contributed by atoms with Crippen LogP contribution in [0.5, 0.6) is 0 Å². The zero-order valence-corrected chi connectivity index (χ0v) is 7.66. The van der Waals surface area contributed by atoms with E-state index >= 15 is 0 Å². The molecular formula is C7H9N3OS. The first-order chi connectivity index (χ1) is 5.65. The molecule has 0 aromatic carbocycles. The van der Waals surface area contributed by atoms with Crippen molar-refractivity contribution in [2.45, 2.75) is 6.92 Å². The molecule has 0 atom stereocenters. The smallest absolute Gasteiger partial charge is 0.170 e. The van der Waals surface area contributed by atoms with Crippen LogP contribution in [0.2, 0.25) is 0 Å². The molecule has 0 spiro atoms. The zero-order valence-electron chi connectivity index (χ0n) is 6.84. The van der Waals surface area contributed by atoms with Crippen molar-refractivity contribution in [1.82, 2.24) is 10.6 Å². The van der Waals surface area contributed by atoms with E-state index < -0.39 is 0 Å². The summed E-state index contributed by atoms with van der Waals surface area (Å²) in [6, 6.07) is 1.74. The quantitative estimate of drug-likeness (QED) is 0.275. The fourth-order valence-electron chi connectivity index (χ4n) is 0.499. The first-order valence-corrected chi connectivity index (χ1v) is 3.61. The first-order valence-electron chi connectivity index (χ1n) is 3.20. The Bertz CT molecular complexity index is 264. The third kappa shape index (κ3) is 3.12. The van der Waals surface area contributed by atoms with E-state index in [1.54, 1.807) is 20.0 Å². The molecule has 0 fully saturated rings. The Morgan fingerprint density at radius 1 is 1.67 bits per heavy atom. The van der Waals surface area contributed by atoms with Crippen molar-refractivity contribution in [2.75, 3.05) is 7.05 Å². The molecular weight excluding hydrogens is 174 g/mol. The number of carbonyl (C=O) groups excluding carboxylic acids is 1. The number of thiocarbonyl (C=S) groups is 1. The lowest BCUT2D eigenvalue weighted by molar-refractivity contribution is -0.104. The van der Waals surface area contributed by atoms with Gasteiger partial charge in [0, 0.05) is 12.7 Å². The van der Waals surface area contributed by atoms with Crippen LogP contribution in [0.1, 0.15) is 6.92 Å². The van der Waals surface area contributed by atoms with Gasteiger partial charge in [0.1, 0.15) is 11.6 Å². The van der Waals surface area contributed by atoms with Crippen molar-refractivity contribution in [2.24, 2.45) is 0 Å². The fraction of sp³-hybridized carbons (Fsp3) is 0.286. The van der Waals surface area contributed by atoms with Gasteiger partial charge < -0.3 is 10.6 Å². The average molecular weight is 183 g/mol. The standard InChI is InChI=1S/C7H9N3OS/c1-5(6(3-8)4-11)10-7(12)9-2/h4H,1-2H3,(H2,9,10,12)/b6-5-. The lowest BCUT2D eigenvalue weighted by Gasteiger charge is -2.06. The summed E-state index contributed by atoms with van der Waals surface area (Å²) in [7, 11) is 1.65. The van der Waals surface area contributed by atoms with Crippen LogP contribution < -0.4 is 10.6 Å². The third-order valence-corrected chi connectivity index (χ3v) is 1.48.